The van der Waals surface area contributed by atoms with Gasteiger partial charge in [0.25, 0.3) is 0 Å². The van der Waals surface area contributed by atoms with Gasteiger partial charge in [0.15, 0.2) is 0 Å². The molecule has 12 heteroatoms. The first-order valence-corrected chi connectivity index (χ1v) is 13.0. The van der Waals surface area contributed by atoms with Gasteiger partial charge in [-0.1, -0.05) is 11.6 Å². The van der Waals surface area contributed by atoms with Crippen molar-refractivity contribution in [1.82, 2.24) is 15.2 Å². The maximum Gasteiger partial charge on any atom is 0.407 e. The zero-order valence-electron chi connectivity index (χ0n) is 21.6. The minimum atomic E-state index is -1.37. The summed E-state index contributed by atoms with van der Waals surface area (Å²) in [7, 11) is 0. The summed E-state index contributed by atoms with van der Waals surface area (Å²) in [4.78, 5) is 50.2. The Hall–Kier alpha value is -3.34. The van der Waals surface area contributed by atoms with Gasteiger partial charge >= 0.3 is 12.1 Å². The smallest absolute Gasteiger partial charge is 0.407 e. The molecule has 206 valence electrons. The van der Waals surface area contributed by atoms with Crippen LogP contribution in [0.1, 0.15) is 69.3 Å². The molecule has 0 bridgehead atoms. The number of hydrogen-bond donors (Lipinski definition) is 3. The predicted octanol–water partition coefficient (Wildman–Crippen LogP) is 3.83. The van der Waals surface area contributed by atoms with Crippen LogP contribution in [0.2, 0.25) is 5.02 Å². The molecule has 1 aromatic carbocycles. The lowest BCUT2D eigenvalue weighted by Crippen LogP contribution is -2.38. The van der Waals surface area contributed by atoms with Crippen LogP contribution >= 0.6 is 11.6 Å². The number of carbonyl (C=O) groups excluding carboxylic acids is 2. The van der Waals surface area contributed by atoms with E-state index in [2.05, 4.69) is 10.6 Å². The lowest BCUT2D eigenvalue weighted by Gasteiger charge is -2.23. The fourth-order valence-corrected chi connectivity index (χ4v) is 5.06. The molecule has 1 saturated carbocycles. The summed E-state index contributed by atoms with van der Waals surface area (Å²) >= 11 is 6.69. The zero-order chi connectivity index (χ0) is 27.8. The molecule has 38 heavy (non-hydrogen) atoms. The number of carbonyl (C=O) groups is 3. The van der Waals surface area contributed by atoms with Crippen LogP contribution in [0.15, 0.2) is 17.1 Å². The number of fused-ring (bicyclic) bond motifs is 1. The number of amides is 2. The number of pyridine rings is 1. The number of nitrogens with one attached hydrogen (secondary N) is 2. The first kappa shape index (κ1) is 27.7. The van der Waals surface area contributed by atoms with Gasteiger partial charge in [-0.15, -0.1) is 0 Å². The highest BCUT2D eigenvalue weighted by Crippen LogP contribution is 2.42. The zero-order valence-corrected chi connectivity index (χ0v) is 22.4. The molecule has 3 N–H and O–H groups in total. The largest absolute Gasteiger partial charge is 0.477 e. The lowest BCUT2D eigenvalue weighted by atomic mass is 10.1. The van der Waals surface area contributed by atoms with Crippen molar-refractivity contribution in [2.75, 3.05) is 24.5 Å². The van der Waals surface area contributed by atoms with E-state index in [0.717, 1.165) is 18.9 Å². The molecule has 2 fully saturated rings. The van der Waals surface area contributed by atoms with Gasteiger partial charge in [-0.3, -0.25) is 9.59 Å². The van der Waals surface area contributed by atoms with Gasteiger partial charge in [0.2, 0.25) is 11.3 Å². The summed E-state index contributed by atoms with van der Waals surface area (Å²) in [5.41, 5.74) is -1.33. The van der Waals surface area contributed by atoms with Crippen molar-refractivity contribution < 1.29 is 28.6 Å². The Morgan fingerprint density at radius 1 is 1.24 bits per heavy atom. The van der Waals surface area contributed by atoms with Crippen LogP contribution in [-0.4, -0.2) is 58.9 Å². The number of halogens is 2. The van der Waals surface area contributed by atoms with Crippen molar-refractivity contribution in [3.63, 3.8) is 0 Å². The van der Waals surface area contributed by atoms with Crippen molar-refractivity contribution in [2.45, 2.75) is 70.6 Å². The number of carboxylic acids is 1. The highest BCUT2D eigenvalue weighted by atomic mass is 35.5. The third kappa shape index (κ3) is 6.20. The molecule has 1 unspecified atom stereocenters. The van der Waals surface area contributed by atoms with E-state index in [0.29, 0.717) is 38.0 Å². The molecule has 1 aliphatic heterocycles. The average molecular weight is 551 g/mol. The van der Waals surface area contributed by atoms with Gasteiger partial charge in [0.05, 0.1) is 21.6 Å². The molecule has 0 spiro atoms. The number of anilines is 1. The van der Waals surface area contributed by atoms with Gasteiger partial charge < -0.3 is 29.9 Å². The van der Waals surface area contributed by atoms with E-state index < -0.39 is 34.5 Å². The van der Waals surface area contributed by atoms with E-state index in [-0.39, 0.29) is 40.5 Å². The number of rotatable bonds is 8. The van der Waals surface area contributed by atoms with E-state index in [1.54, 1.807) is 30.2 Å². The topological polar surface area (TPSA) is 130 Å². The molecule has 2 aromatic rings. The summed E-state index contributed by atoms with van der Waals surface area (Å²) in [5, 5.41) is 15.0. The Kier molecular flexibility index (Phi) is 7.87. The normalized spacial score (nSPS) is 17.5. The van der Waals surface area contributed by atoms with Gasteiger partial charge in [0, 0.05) is 44.3 Å². The van der Waals surface area contributed by atoms with Crippen LogP contribution in [0.3, 0.4) is 0 Å². The molecular weight excluding hydrogens is 519 g/mol. The van der Waals surface area contributed by atoms with Crippen LogP contribution in [0.4, 0.5) is 14.9 Å². The predicted molar refractivity (Wildman–Crippen MR) is 141 cm³/mol. The maximum atomic E-state index is 15.3. The van der Waals surface area contributed by atoms with Crippen LogP contribution in [0.5, 0.6) is 0 Å². The van der Waals surface area contributed by atoms with E-state index in [4.69, 9.17) is 16.3 Å². The molecule has 2 aliphatic rings. The highest BCUT2D eigenvalue weighted by molar-refractivity contribution is 6.38. The third-order valence-electron chi connectivity index (χ3n) is 6.47. The SMILES string of the molecule is CC(C)(C)OC(=O)NCCCC(=O)NC1CCN(c2c(F)cc3c(=O)c(C(=O)O)cn(C4CC4)c3c2Cl)C1. The number of hydrogen-bond acceptors (Lipinski definition) is 6. The minimum absolute atomic E-state index is 0.00225. The third-order valence-corrected chi connectivity index (χ3v) is 6.83. The Bertz CT molecular complexity index is 1330. The van der Waals surface area contributed by atoms with E-state index in [1.807, 2.05) is 0 Å². The molecule has 0 radical (unpaired) electrons. The summed E-state index contributed by atoms with van der Waals surface area (Å²) in [5.74, 6) is -2.27. The lowest BCUT2D eigenvalue weighted by molar-refractivity contribution is -0.121. The van der Waals surface area contributed by atoms with Crippen LogP contribution in [0.25, 0.3) is 10.9 Å². The monoisotopic (exact) mass is 550 g/mol. The second-order valence-corrected chi connectivity index (χ2v) is 11.1. The first-order chi connectivity index (χ1) is 17.9. The standard InChI is InChI=1S/C26H32ClFN4O6/c1-26(2,3)38-25(37)29-9-4-5-19(33)30-14-8-10-31(12-14)22-18(28)11-16-21(20(22)27)32(15-6-7-15)13-17(23(16)34)24(35)36/h11,13-15H,4-10,12H2,1-3H3,(H,29,37)(H,30,33)(H,35,36). The van der Waals surface area contributed by atoms with Gasteiger partial charge in [-0.05, 0) is 52.5 Å². The van der Waals surface area contributed by atoms with Crippen LogP contribution in [0, 0.1) is 5.82 Å². The second kappa shape index (κ2) is 10.8. The van der Waals surface area contributed by atoms with E-state index >= 15 is 4.39 Å². The molecule has 1 aromatic heterocycles. The highest BCUT2D eigenvalue weighted by Gasteiger charge is 2.32. The van der Waals surface area contributed by atoms with Crippen molar-refractivity contribution in [3.8, 4) is 0 Å². The Morgan fingerprint density at radius 2 is 1.95 bits per heavy atom. The number of aromatic nitrogens is 1. The van der Waals surface area contributed by atoms with E-state index in [1.165, 1.54) is 6.20 Å². The van der Waals surface area contributed by atoms with Crippen molar-refractivity contribution in [3.05, 3.63) is 38.9 Å². The van der Waals surface area contributed by atoms with Crippen LogP contribution in [-0.2, 0) is 9.53 Å². The number of benzene rings is 1. The van der Waals surface area contributed by atoms with Crippen molar-refractivity contribution in [1.29, 1.82) is 0 Å². The summed E-state index contributed by atoms with van der Waals surface area (Å²) in [6.07, 6.45) is 3.59. The first-order valence-electron chi connectivity index (χ1n) is 12.7. The number of carboxylic acid groups (broad SMARTS) is 1. The summed E-state index contributed by atoms with van der Waals surface area (Å²) in [6, 6.07) is 0.836. The molecule has 1 saturated heterocycles. The summed E-state index contributed by atoms with van der Waals surface area (Å²) < 4.78 is 22.1. The number of aromatic carboxylic acids is 1. The minimum Gasteiger partial charge on any atom is -0.477 e. The van der Waals surface area contributed by atoms with Gasteiger partial charge in [-0.25, -0.2) is 14.0 Å². The molecule has 4 rings (SSSR count). The average Bonchev–Trinajstić information content (AvgIpc) is 3.55. The molecule has 10 nitrogen and oxygen atoms in total. The molecule has 1 aliphatic carbocycles. The maximum absolute atomic E-state index is 15.3. The number of alkyl carbamates (subject to hydrolysis) is 1. The van der Waals surface area contributed by atoms with Gasteiger partial charge in [0.1, 0.15) is 17.0 Å². The molecule has 1 atom stereocenters. The quantitative estimate of drug-likeness (QED) is 0.426. The van der Waals surface area contributed by atoms with Crippen molar-refractivity contribution >= 4 is 46.2 Å². The molecular formula is C26H32ClFN4O6. The molecule has 2 amide bonds. The van der Waals surface area contributed by atoms with Crippen LogP contribution < -0.4 is 21.0 Å². The Labute approximate surface area is 224 Å². The Morgan fingerprint density at radius 3 is 2.58 bits per heavy atom. The van der Waals surface area contributed by atoms with Crippen molar-refractivity contribution in [2.24, 2.45) is 0 Å². The van der Waals surface area contributed by atoms with Gasteiger partial charge in [-0.2, -0.15) is 0 Å². The second-order valence-electron chi connectivity index (χ2n) is 10.8. The Balaban J connectivity index is 1.42. The number of ether oxygens (including phenoxy) is 1. The molecule has 2 heterocycles. The fourth-order valence-electron chi connectivity index (χ4n) is 4.65. The number of nitrogens with zero attached hydrogens (tertiary/aromatic N) is 2. The fraction of sp³-hybridized carbons (Fsp3) is 0.538. The van der Waals surface area contributed by atoms with E-state index in [9.17, 15) is 24.3 Å². The summed E-state index contributed by atoms with van der Waals surface area (Å²) in [6.45, 7) is 6.36.